The quantitative estimate of drug-likeness (QED) is 0.406. The van der Waals surface area contributed by atoms with E-state index in [1.807, 2.05) is 42.5 Å². The Kier molecular flexibility index (Phi) is 5.29. The Morgan fingerprint density at radius 1 is 1.11 bits per heavy atom. The van der Waals surface area contributed by atoms with Crippen LogP contribution in [0.2, 0.25) is 0 Å². The first kappa shape index (κ1) is 18.2. The number of carbonyl (C=O) groups is 1. The molecule has 0 spiro atoms. The van der Waals surface area contributed by atoms with Crippen LogP contribution in [0.3, 0.4) is 0 Å². The molecule has 3 aromatic rings. The van der Waals surface area contributed by atoms with Crippen molar-refractivity contribution in [3.05, 3.63) is 81.2 Å². The second kappa shape index (κ2) is 7.84. The fraction of sp³-hybridized carbons (Fsp3) is 0.0476. The van der Waals surface area contributed by atoms with Crippen molar-refractivity contribution in [3.8, 4) is 5.75 Å². The van der Waals surface area contributed by atoms with Gasteiger partial charge in [-0.3, -0.25) is 4.79 Å². The lowest BCUT2D eigenvalue weighted by Gasteiger charge is -2.12. The highest BCUT2D eigenvalue weighted by molar-refractivity contribution is 9.10. The smallest absolute Gasteiger partial charge is 0.263 e. The molecule has 3 nitrogen and oxygen atoms in total. The number of carbonyl (C=O) groups excluding carboxylic acids is 1. The van der Waals surface area contributed by atoms with Crippen LogP contribution >= 0.6 is 39.9 Å². The Bertz CT molecular complexity index is 1090. The average molecular weight is 456 g/mol. The molecule has 1 N–H and O–H groups in total. The molecule has 0 aromatic heterocycles. The Labute approximate surface area is 174 Å². The van der Waals surface area contributed by atoms with Gasteiger partial charge < -0.3 is 10.1 Å². The zero-order chi connectivity index (χ0) is 18.8. The standard InChI is InChI=1S/C21H14BrNO2S2/c22-16-8-9-18(15(10-16)11-19-20(24)23-21(26)27-19)25-12-14-6-3-5-13-4-1-2-7-17(13)14/h1-11H,12H2,(H,23,24,26)/b19-11+. The first-order chi connectivity index (χ1) is 13.1. The zero-order valence-corrected chi connectivity index (χ0v) is 17.3. The zero-order valence-electron chi connectivity index (χ0n) is 14.1. The average Bonchev–Trinajstić information content (AvgIpc) is 2.98. The lowest BCUT2D eigenvalue weighted by atomic mass is 10.1. The first-order valence-corrected chi connectivity index (χ1v) is 10.3. The predicted molar refractivity (Wildman–Crippen MR) is 119 cm³/mol. The van der Waals surface area contributed by atoms with Gasteiger partial charge >= 0.3 is 0 Å². The van der Waals surface area contributed by atoms with E-state index in [0.717, 1.165) is 15.6 Å². The molecule has 0 saturated carbocycles. The van der Waals surface area contributed by atoms with Gasteiger partial charge in [0.1, 0.15) is 16.7 Å². The molecule has 6 heteroatoms. The monoisotopic (exact) mass is 455 g/mol. The van der Waals surface area contributed by atoms with Crippen LogP contribution in [0.4, 0.5) is 0 Å². The van der Waals surface area contributed by atoms with E-state index in [1.54, 1.807) is 0 Å². The molecule has 134 valence electrons. The molecule has 1 amide bonds. The number of hydrogen-bond acceptors (Lipinski definition) is 4. The fourth-order valence-corrected chi connectivity index (χ4v) is 4.31. The summed E-state index contributed by atoms with van der Waals surface area (Å²) in [5.41, 5.74) is 1.94. The lowest BCUT2D eigenvalue weighted by molar-refractivity contribution is -0.115. The molecule has 1 aliphatic rings. The van der Waals surface area contributed by atoms with Gasteiger partial charge in [-0.1, -0.05) is 82.4 Å². The number of hydrogen-bond donors (Lipinski definition) is 1. The molecule has 1 saturated heterocycles. The molecule has 1 aliphatic heterocycles. The van der Waals surface area contributed by atoms with Crippen molar-refractivity contribution in [1.29, 1.82) is 0 Å². The molecular formula is C21H14BrNO2S2. The Balaban J connectivity index is 1.64. The van der Waals surface area contributed by atoms with Crippen molar-refractivity contribution in [1.82, 2.24) is 5.32 Å². The van der Waals surface area contributed by atoms with E-state index in [9.17, 15) is 4.79 Å². The van der Waals surface area contributed by atoms with Crippen LogP contribution in [0, 0.1) is 0 Å². The number of fused-ring (bicyclic) bond motifs is 1. The molecule has 3 aromatic carbocycles. The van der Waals surface area contributed by atoms with E-state index < -0.39 is 0 Å². The second-order valence-electron chi connectivity index (χ2n) is 5.96. The van der Waals surface area contributed by atoms with E-state index in [1.165, 1.54) is 22.5 Å². The normalized spacial score (nSPS) is 15.4. The summed E-state index contributed by atoms with van der Waals surface area (Å²) in [5.74, 6) is 0.537. The Morgan fingerprint density at radius 2 is 1.93 bits per heavy atom. The number of rotatable bonds is 4. The second-order valence-corrected chi connectivity index (χ2v) is 8.60. The summed E-state index contributed by atoms with van der Waals surface area (Å²) in [5, 5.41) is 4.99. The van der Waals surface area contributed by atoms with Crippen molar-refractivity contribution < 1.29 is 9.53 Å². The van der Waals surface area contributed by atoms with Crippen molar-refractivity contribution >= 4 is 67.0 Å². The number of halogens is 1. The molecule has 0 atom stereocenters. The van der Waals surface area contributed by atoms with Crippen molar-refractivity contribution in [2.24, 2.45) is 0 Å². The van der Waals surface area contributed by atoms with Gasteiger partial charge in [0.15, 0.2) is 0 Å². The SMILES string of the molecule is O=C1NC(=S)S/C1=C/c1cc(Br)ccc1OCc1cccc2ccccc12. The summed E-state index contributed by atoms with van der Waals surface area (Å²) >= 11 is 9.80. The molecule has 0 aliphatic carbocycles. The van der Waals surface area contributed by atoms with Crippen molar-refractivity contribution in [3.63, 3.8) is 0 Å². The number of benzene rings is 3. The van der Waals surface area contributed by atoms with Crippen LogP contribution < -0.4 is 10.1 Å². The van der Waals surface area contributed by atoms with Crippen LogP contribution in [0.25, 0.3) is 16.8 Å². The number of thioether (sulfide) groups is 1. The maximum atomic E-state index is 12.0. The first-order valence-electron chi connectivity index (χ1n) is 8.24. The number of ether oxygens (including phenoxy) is 1. The van der Waals surface area contributed by atoms with Gasteiger partial charge in [-0.05, 0) is 40.6 Å². The van der Waals surface area contributed by atoms with E-state index in [-0.39, 0.29) is 5.91 Å². The van der Waals surface area contributed by atoms with Gasteiger partial charge in [-0.2, -0.15) is 0 Å². The maximum absolute atomic E-state index is 12.0. The Hall–Kier alpha value is -2.15. The lowest BCUT2D eigenvalue weighted by Crippen LogP contribution is -2.17. The number of amides is 1. The molecule has 1 heterocycles. The summed E-state index contributed by atoms with van der Waals surface area (Å²) in [6.45, 7) is 0.441. The third-order valence-electron chi connectivity index (χ3n) is 4.16. The van der Waals surface area contributed by atoms with E-state index in [4.69, 9.17) is 17.0 Å². The van der Waals surface area contributed by atoms with Crippen molar-refractivity contribution in [2.75, 3.05) is 0 Å². The molecule has 0 radical (unpaired) electrons. The Morgan fingerprint density at radius 3 is 2.74 bits per heavy atom. The summed E-state index contributed by atoms with van der Waals surface area (Å²) in [4.78, 5) is 12.5. The van der Waals surface area contributed by atoms with Gasteiger partial charge in [0.2, 0.25) is 0 Å². The van der Waals surface area contributed by atoms with E-state index >= 15 is 0 Å². The van der Waals surface area contributed by atoms with Crippen LogP contribution in [0.5, 0.6) is 5.75 Å². The highest BCUT2D eigenvalue weighted by atomic mass is 79.9. The number of nitrogens with one attached hydrogen (secondary N) is 1. The largest absolute Gasteiger partial charge is 0.488 e. The highest BCUT2D eigenvalue weighted by Gasteiger charge is 2.22. The summed E-state index contributed by atoms with van der Waals surface area (Å²) in [6.07, 6.45) is 1.81. The minimum Gasteiger partial charge on any atom is -0.488 e. The maximum Gasteiger partial charge on any atom is 0.263 e. The highest BCUT2D eigenvalue weighted by Crippen LogP contribution is 2.32. The van der Waals surface area contributed by atoms with E-state index in [2.05, 4.69) is 45.5 Å². The van der Waals surface area contributed by atoms with Crippen LogP contribution in [-0.2, 0) is 11.4 Å². The fourth-order valence-electron chi connectivity index (χ4n) is 2.90. The van der Waals surface area contributed by atoms with Gasteiger partial charge in [-0.15, -0.1) is 0 Å². The molecule has 27 heavy (non-hydrogen) atoms. The molecule has 4 rings (SSSR count). The third-order valence-corrected chi connectivity index (χ3v) is 5.82. The van der Waals surface area contributed by atoms with Crippen LogP contribution in [-0.4, -0.2) is 10.2 Å². The summed E-state index contributed by atoms with van der Waals surface area (Å²) in [6, 6.07) is 20.2. The van der Waals surface area contributed by atoms with E-state index in [0.29, 0.717) is 21.6 Å². The molecule has 0 bridgehead atoms. The van der Waals surface area contributed by atoms with Gasteiger partial charge in [-0.25, -0.2) is 0 Å². The molecular weight excluding hydrogens is 442 g/mol. The van der Waals surface area contributed by atoms with Gasteiger partial charge in [0.25, 0.3) is 5.91 Å². The molecule has 1 fully saturated rings. The summed E-state index contributed by atoms with van der Waals surface area (Å²) in [7, 11) is 0. The minimum atomic E-state index is -0.176. The third kappa shape index (κ3) is 4.08. The predicted octanol–water partition coefficient (Wildman–Crippen LogP) is 5.67. The van der Waals surface area contributed by atoms with Crippen LogP contribution in [0.1, 0.15) is 11.1 Å². The van der Waals surface area contributed by atoms with Crippen LogP contribution in [0.15, 0.2) is 70.0 Å². The van der Waals surface area contributed by atoms with Crippen molar-refractivity contribution in [2.45, 2.75) is 6.61 Å². The minimum absolute atomic E-state index is 0.176. The number of thiocarbonyl (C=S) groups is 1. The van der Waals surface area contributed by atoms with Gasteiger partial charge in [0.05, 0.1) is 4.91 Å². The topological polar surface area (TPSA) is 38.3 Å². The molecule has 0 unspecified atom stereocenters. The van der Waals surface area contributed by atoms with Gasteiger partial charge in [0, 0.05) is 10.0 Å². The summed E-state index contributed by atoms with van der Waals surface area (Å²) < 4.78 is 7.51.